The molecule has 0 saturated carbocycles. The normalized spacial score (nSPS) is 12.8. The quantitative estimate of drug-likeness (QED) is 0.813. The standard InChI is InChI=1S/C12H15ClFNO4S/c1-3-6-15-12(16)8(2)19-10-5-4-9(14)7-11(10)20(13,17)18/h4-5,7-8H,3,6H2,1-2H3,(H,15,16). The number of halogens is 2. The van der Waals surface area contributed by atoms with Crippen LogP contribution in [0.3, 0.4) is 0 Å². The Hall–Kier alpha value is -1.34. The second-order valence-electron chi connectivity index (χ2n) is 4.08. The van der Waals surface area contributed by atoms with Crippen LogP contribution in [-0.4, -0.2) is 27.0 Å². The van der Waals surface area contributed by atoms with Crippen LogP contribution in [-0.2, 0) is 13.8 Å². The molecule has 8 heteroatoms. The molecular weight excluding hydrogens is 309 g/mol. The van der Waals surface area contributed by atoms with Crippen molar-refractivity contribution in [2.45, 2.75) is 31.3 Å². The molecule has 0 saturated heterocycles. The minimum absolute atomic E-state index is 0.166. The number of amides is 1. The summed E-state index contributed by atoms with van der Waals surface area (Å²) in [5.41, 5.74) is 0. The van der Waals surface area contributed by atoms with Gasteiger partial charge < -0.3 is 10.1 Å². The Kier molecular flexibility index (Phi) is 5.76. The van der Waals surface area contributed by atoms with E-state index in [1.807, 2.05) is 6.92 Å². The lowest BCUT2D eigenvalue weighted by Gasteiger charge is -2.16. The van der Waals surface area contributed by atoms with Gasteiger partial charge in [-0.05, 0) is 31.5 Å². The van der Waals surface area contributed by atoms with Crippen molar-refractivity contribution in [1.29, 1.82) is 0 Å². The molecule has 112 valence electrons. The van der Waals surface area contributed by atoms with Gasteiger partial charge in [-0.2, -0.15) is 0 Å². The molecule has 1 N–H and O–H groups in total. The second-order valence-corrected chi connectivity index (χ2v) is 6.61. The summed E-state index contributed by atoms with van der Waals surface area (Å²) in [4.78, 5) is 11.1. The van der Waals surface area contributed by atoms with E-state index < -0.39 is 31.8 Å². The van der Waals surface area contributed by atoms with Crippen LogP contribution in [0, 0.1) is 5.82 Å². The van der Waals surface area contributed by atoms with Gasteiger partial charge in [-0.3, -0.25) is 4.79 Å². The lowest BCUT2D eigenvalue weighted by Crippen LogP contribution is -2.36. The van der Waals surface area contributed by atoms with E-state index in [9.17, 15) is 17.6 Å². The van der Waals surface area contributed by atoms with E-state index in [2.05, 4.69) is 5.32 Å². The van der Waals surface area contributed by atoms with Gasteiger partial charge in [0.05, 0.1) is 0 Å². The Labute approximate surface area is 121 Å². The molecule has 20 heavy (non-hydrogen) atoms. The van der Waals surface area contributed by atoms with E-state index in [0.717, 1.165) is 24.6 Å². The predicted octanol–water partition coefficient (Wildman–Crippen LogP) is 2.05. The highest BCUT2D eigenvalue weighted by Gasteiger charge is 2.22. The monoisotopic (exact) mass is 323 g/mol. The summed E-state index contributed by atoms with van der Waals surface area (Å²) in [7, 11) is 1.04. The number of ether oxygens (including phenoxy) is 1. The van der Waals surface area contributed by atoms with Crippen molar-refractivity contribution in [3.05, 3.63) is 24.0 Å². The number of carbonyl (C=O) groups is 1. The summed E-state index contributed by atoms with van der Waals surface area (Å²) >= 11 is 0. The van der Waals surface area contributed by atoms with Crippen molar-refractivity contribution in [3.8, 4) is 5.75 Å². The molecule has 0 bridgehead atoms. The Balaban J connectivity index is 2.95. The van der Waals surface area contributed by atoms with E-state index in [1.165, 1.54) is 6.92 Å². The molecule has 0 aliphatic rings. The average molecular weight is 324 g/mol. The summed E-state index contributed by atoms with van der Waals surface area (Å²) < 4.78 is 41.0. The minimum atomic E-state index is -4.17. The predicted molar refractivity (Wildman–Crippen MR) is 72.8 cm³/mol. The SMILES string of the molecule is CCCNC(=O)C(C)Oc1ccc(F)cc1S(=O)(=O)Cl. The Bertz CT molecular complexity index is 591. The van der Waals surface area contributed by atoms with Crippen molar-refractivity contribution in [2.75, 3.05) is 6.54 Å². The van der Waals surface area contributed by atoms with Crippen molar-refractivity contribution in [3.63, 3.8) is 0 Å². The number of benzene rings is 1. The van der Waals surface area contributed by atoms with Gasteiger partial charge >= 0.3 is 0 Å². The number of nitrogens with one attached hydrogen (secondary N) is 1. The van der Waals surface area contributed by atoms with Gasteiger partial charge in [0.25, 0.3) is 15.0 Å². The summed E-state index contributed by atoms with van der Waals surface area (Å²) in [6, 6.07) is 2.89. The van der Waals surface area contributed by atoms with Crippen molar-refractivity contribution in [2.24, 2.45) is 0 Å². The second kappa shape index (κ2) is 6.90. The maximum absolute atomic E-state index is 13.1. The smallest absolute Gasteiger partial charge is 0.265 e. The van der Waals surface area contributed by atoms with E-state index in [1.54, 1.807) is 0 Å². The zero-order chi connectivity index (χ0) is 15.3. The summed E-state index contributed by atoms with van der Waals surface area (Å²) in [5.74, 6) is -1.32. The molecule has 1 rings (SSSR count). The maximum Gasteiger partial charge on any atom is 0.265 e. The highest BCUT2D eigenvalue weighted by atomic mass is 35.7. The molecule has 1 atom stereocenters. The van der Waals surface area contributed by atoms with Crippen LogP contribution in [0.1, 0.15) is 20.3 Å². The van der Waals surface area contributed by atoms with Gasteiger partial charge in [-0.15, -0.1) is 0 Å². The Morgan fingerprint density at radius 2 is 2.15 bits per heavy atom. The zero-order valence-electron chi connectivity index (χ0n) is 11.0. The van der Waals surface area contributed by atoms with Gasteiger partial charge in [0.15, 0.2) is 6.10 Å². The molecule has 0 heterocycles. The fourth-order valence-electron chi connectivity index (χ4n) is 1.41. The van der Waals surface area contributed by atoms with Crippen LogP contribution < -0.4 is 10.1 Å². The molecular formula is C12H15ClFNO4S. The summed E-state index contributed by atoms with van der Waals surface area (Å²) in [6.45, 7) is 3.83. The first-order chi connectivity index (χ1) is 9.25. The molecule has 5 nitrogen and oxygen atoms in total. The topological polar surface area (TPSA) is 72.5 Å². The molecule has 0 radical (unpaired) electrons. The molecule has 1 amide bonds. The first kappa shape index (κ1) is 16.7. The third-order valence-corrected chi connectivity index (χ3v) is 3.73. The van der Waals surface area contributed by atoms with Crippen molar-refractivity contribution >= 4 is 25.6 Å². The molecule has 1 aromatic rings. The van der Waals surface area contributed by atoms with Crippen LogP contribution in [0.15, 0.2) is 23.1 Å². The summed E-state index contributed by atoms with van der Waals surface area (Å²) in [5, 5.41) is 2.60. The molecule has 0 aromatic heterocycles. The fraction of sp³-hybridized carbons (Fsp3) is 0.417. The van der Waals surface area contributed by atoms with Crippen LogP contribution in [0.5, 0.6) is 5.75 Å². The third-order valence-electron chi connectivity index (χ3n) is 2.39. The lowest BCUT2D eigenvalue weighted by molar-refractivity contribution is -0.127. The highest BCUT2D eigenvalue weighted by Crippen LogP contribution is 2.28. The average Bonchev–Trinajstić information content (AvgIpc) is 2.36. The Morgan fingerprint density at radius 3 is 2.70 bits per heavy atom. The van der Waals surface area contributed by atoms with Crippen LogP contribution in [0.4, 0.5) is 4.39 Å². The largest absolute Gasteiger partial charge is 0.479 e. The molecule has 0 aliphatic heterocycles. The van der Waals surface area contributed by atoms with Gasteiger partial charge in [0.1, 0.15) is 16.5 Å². The van der Waals surface area contributed by atoms with Crippen LogP contribution >= 0.6 is 10.7 Å². The molecule has 0 fully saturated rings. The number of carbonyl (C=O) groups excluding carboxylic acids is 1. The Morgan fingerprint density at radius 1 is 1.50 bits per heavy atom. The van der Waals surface area contributed by atoms with E-state index >= 15 is 0 Å². The van der Waals surface area contributed by atoms with E-state index in [4.69, 9.17) is 15.4 Å². The van der Waals surface area contributed by atoms with E-state index in [-0.39, 0.29) is 5.75 Å². The highest BCUT2D eigenvalue weighted by molar-refractivity contribution is 8.13. The first-order valence-electron chi connectivity index (χ1n) is 5.94. The fourth-order valence-corrected chi connectivity index (χ4v) is 2.38. The maximum atomic E-state index is 13.1. The van der Waals surface area contributed by atoms with Gasteiger partial charge in [-0.25, -0.2) is 12.8 Å². The summed E-state index contributed by atoms with van der Waals surface area (Å²) in [6.07, 6.45) is -0.166. The number of hydrogen-bond donors (Lipinski definition) is 1. The molecule has 1 aromatic carbocycles. The van der Waals surface area contributed by atoms with Gasteiger partial charge in [-0.1, -0.05) is 6.92 Å². The number of hydrogen-bond acceptors (Lipinski definition) is 4. The third kappa shape index (κ3) is 4.64. The van der Waals surface area contributed by atoms with Crippen LogP contribution in [0.25, 0.3) is 0 Å². The minimum Gasteiger partial charge on any atom is -0.479 e. The molecule has 1 unspecified atom stereocenters. The van der Waals surface area contributed by atoms with E-state index in [0.29, 0.717) is 6.54 Å². The number of rotatable bonds is 6. The molecule has 0 aliphatic carbocycles. The van der Waals surface area contributed by atoms with Crippen LogP contribution in [0.2, 0.25) is 0 Å². The van der Waals surface area contributed by atoms with Gasteiger partial charge in [0.2, 0.25) is 0 Å². The van der Waals surface area contributed by atoms with Crippen molar-refractivity contribution < 1.29 is 22.3 Å². The first-order valence-corrected chi connectivity index (χ1v) is 8.25. The van der Waals surface area contributed by atoms with Crippen molar-refractivity contribution in [1.82, 2.24) is 5.32 Å². The zero-order valence-corrected chi connectivity index (χ0v) is 12.6. The van der Waals surface area contributed by atoms with Gasteiger partial charge in [0, 0.05) is 17.2 Å². The molecule has 0 spiro atoms. The lowest BCUT2D eigenvalue weighted by atomic mass is 10.3.